The molecule has 4 heteroatoms. The molecule has 17 heavy (non-hydrogen) atoms. The molecule has 2 fully saturated rings. The lowest BCUT2D eigenvalue weighted by Crippen LogP contribution is -2.48. The lowest BCUT2D eigenvalue weighted by Gasteiger charge is -2.41. The van der Waals surface area contributed by atoms with E-state index in [9.17, 15) is 4.79 Å². The molecular formula is C13H24N2O2. The van der Waals surface area contributed by atoms with E-state index < -0.39 is 0 Å². The van der Waals surface area contributed by atoms with Gasteiger partial charge in [-0.2, -0.15) is 0 Å². The van der Waals surface area contributed by atoms with Crippen molar-refractivity contribution in [1.29, 1.82) is 0 Å². The van der Waals surface area contributed by atoms with Crippen molar-refractivity contribution < 1.29 is 9.53 Å². The Morgan fingerprint density at radius 1 is 1.53 bits per heavy atom. The van der Waals surface area contributed by atoms with Crippen LogP contribution in [0.3, 0.4) is 0 Å². The molecule has 2 unspecified atom stereocenters. The molecule has 0 aromatic rings. The van der Waals surface area contributed by atoms with Crippen LogP contribution in [-0.2, 0) is 4.74 Å². The van der Waals surface area contributed by atoms with Gasteiger partial charge in [0.1, 0.15) is 5.60 Å². The summed E-state index contributed by atoms with van der Waals surface area (Å²) in [6, 6.07) is 1.13. The Kier molecular flexibility index (Phi) is 3.61. The molecule has 1 amide bonds. The Labute approximate surface area is 104 Å². The molecule has 2 atom stereocenters. The standard InChI is InChI=1S/C13H24N2O2/c1-10(2)15-7-5-4-6-11(15)8-13(3)9-14-12(16)17-13/h10-11H,4-9H2,1-3H3,(H,14,16). The first kappa shape index (κ1) is 12.7. The summed E-state index contributed by atoms with van der Waals surface area (Å²) < 4.78 is 5.40. The van der Waals surface area contributed by atoms with Crippen molar-refractivity contribution in [3.05, 3.63) is 0 Å². The fourth-order valence-electron chi connectivity index (χ4n) is 3.09. The minimum atomic E-state index is -0.313. The first-order valence-corrected chi connectivity index (χ1v) is 6.73. The van der Waals surface area contributed by atoms with Crippen LogP contribution in [0.1, 0.15) is 46.5 Å². The van der Waals surface area contributed by atoms with Gasteiger partial charge in [0.25, 0.3) is 0 Å². The maximum atomic E-state index is 11.2. The average Bonchev–Trinajstić information content (AvgIpc) is 2.59. The summed E-state index contributed by atoms with van der Waals surface area (Å²) in [5.74, 6) is 0. The summed E-state index contributed by atoms with van der Waals surface area (Å²) in [6.45, 7) is 8.37. The number of hydrogen-bond acceptors (Lipinski definition) is 3. The van der Waals surface area contributed by atoms with Gasteiger partial charge in [0.05, 0.1) is 6.54 Å². The van der Waals surface area contributed by atoms with Gasteiger partial charge in [-0.05, 0) is 40.2 Å². The van der Waals surface area contributed by atoms with E-state index >= 15 is 0 Å². The van der Waals surface area contributed by atoms with Gasteiger partial charge in [0.2, 0.25) is 0 Å². The summed E-state index contributed by atoms with van der Waals surface area (Å²) in [7, 11) is 0. The fourth-order valence-corrected chi connectivity index (χ4v) is 3.09. The quantitative estimate of drug-likeness (QED) is 0.821. The third-order valence-electron chi connectivity index (χ3n) is 3.95. The van der Waals surface area contributed by atoms with Crippen LogP contribution in [0, 0.1) is 0 Å². The molecule has 2 heterocycles. The van der Waals surface area contributed by atoms with Crippen LogP contribution in [0.25, 0.3) is 0 Å². The molecule has 4 nitrogen and oxygen atoms in total. The summed E-state index contributed by atoms with van der Waals surface area (Å²) in [6.07, 6.45) is 4.50. The van der Waals surface area contributed by atoms with Crippen LogP contribution in [-0.4, -0.2) is 41.8 Å². The smallest absolute Gasteiger partial charge is 0.407 e. The highest BCUT2D eigenvalue weighted by Gasteiger charge is 2.39. The molecule has 2 aliphatic heterocycles. The number of rotatable bonds is 3. The minimum absolute atomic E-state index is 0.264. The number of carbonyl (C=O) groups is 1. The zero-order chi connectivity index (χ0) is 12.5. The Morgan fingerprint density at radius 3 is 2.88 bits per heavy atom. The van der Waals surface area contributed by atoms with E-state index in [0.29, 0.717) is 18.6 Å². The molecule has 0 saturated carbocycles. The van der Waals surface area contributed by atoms with Gasteiger partial charge >= 0.3 is 6.09 Å². The highest BCUT2D eigenvalue weighted by Crippen LogP contribution is 2.29. The highest BCUT2D eigenvalue weighted by atomic mass is 16.6. The van der Waals surface area contributed by atoms with Crippen molar-refractivity contribution in [3.8, 4) is 0 Å². The molecule has 1 N–H and O–H groups in total. The van der Waals surface area contributed by atoms with Gasteiger partial charge in [-0.1, -0.05) is 6.42 Å². The van der Waals surface area contributed by atoms with E-state index in [2.05, 4.69) is 24.1 Å². The fraction of sp³-hybridized carbons (Fsp3) is 0.923. The van der Waals surface area contributed by atoms with E-state index in [1.807, 2.05) is 6.92 Å². The molecule has 0 aliphatic carbocycles. The minimum Gasteiger partial charge on any atom is -0.441 e. The van der Waals surface area contributed by atoms with Gasteiger partial charge in [-0.3, -0.25) is 4.90 Å². The third kappa shape index (κ3) is 2.92. The molecular weight excluding hydrogens is 216 g/mol. The number of amides is 1. The van der Waals surface area contributed by atoms with Crippen LogP contribution < -0.4 is 5.32 Å². The zero-order valence-corrected chi connectivity index (χ0v) is 11.2. The van der Waals surface area contributed by atoms with Crippen molar-refractivity contribution >= 4 is 6.09 Å². The number of ether oxygens (including phenoxy) is 1. The average molecular weight is 240 g/mol. The molecule has 98 valence electrons. The number of piperidine rings is 1. The number of nitrogens with one attached hydrogen (secondary N) is 1. The van der Waals surface area contributed by atoms with Crippen molar-refractivity contribution in [2.75, 3.05) is 13.1 Å². The van der Waals surface area contributed by atoms with Crippen LogP contribution in [0.4, 0.5) is 4.79 Å². The van der Waals surface area contributed by atoms with E-state index in [1.54, 1.807) is 0 Å². The maximum absolute atomic E-state index is 11.2. The van der Waals surface area contributed by atoms with E-state index in [0.717, 1.165) is 6.42 Å². The lowest BCUT2D eigenvalue weighted by molar-refractivity contribution is 0.0153. The topological polar surface area (TPSA) is 41.6 Å². The SMILES string of the molecule is CC(C)N1CCCCC1CC1(C)CNC(=O)O1. The zero-order valence-electron chi connectivity index (χ0n) is 11.2. The van der Waals surface area contributed by atoms with Gasteiger partial charge in [0, 0.05) is 18.5 Å². The second-order valence-electron chi connectivity index (χ2n) is 5.88. The lowest BCUT2D eigenvalue weighted by atomic mass is 9.89. The van der Waals surface area contributed by atoms with Gasteiger partial charge < -0.3 is 10.1 Å². The number of hydrogen-bond donors (Lipinski definition) is 1. The molecule has 2 saturated heterocycles. The molecule has 0 aromatic heterocycles. The second kappa shape index (κ2) is 4.84. The van der Waals surface area contributed by atoms with Crippen LogP contribution in [0.5, 0.6) is 0 Å². The van der Waals surface area contributed by atoms with Crippen LogP contribution >= 0.6 is 0 Å². The number of carbonyl (C=O) groups excluding carboxylic acids is 1. The normalized spacial score (nSPS) is 34.8. The molecule has 0 bridgehead atoms. The summed E-state index contributed by atoms with van der Waals surface area (Å²) >= 11 is 0. The number of cyclic esters (lactones) is 1. The Hall–Kier alpha value is -0.770. The van der Waals surface area contributed by atoms with E-state index in [1.165, 1.54) is 25.8 Å². The van der Waals surface area contributed by atoms with Crippen molar-refractivity contribution in [2.45, 2.75) is 64.1 Å². The number of nitrogens with zero attached hydrogens (tertiary/aromatic N) is 1. The maximum Gasteiger partial charge on any atom is 0.407 e. The summed E-state index contributed by atoms with van der Waals surface area (Å²) in [5, 5.41) is 2.76. The molecule has 0 radical (unpaired) electrons. The first-order chi connectivity index (χ1) is 8.00. The summed E-state index contributed by atoms with van der Waals surface area (Å²) in [4.78, 5) is 13.7. The van der Waals surface area contributed by atoms with Gasteiger partial charge in [-0.15, -0.1) is 0 Å². The van der Waals surface area contributed by atoms with Crippen molar-refractivity contribution in [3.63, 3.8) is 0 Å². The molecule has 2 aliphatic rings. The second-order valence-corrected chi connectivity index (χ2v) is 5.88. The Bertz CT molecular complexity index is 293. The van der Waals surface area contributed by atoms with E-state index in [4.69, 9.17) is 4.74 Å². The van der Waals surface area contributed by atoms with Gasteiger partial charge in [-0.25, -0.2) is 4.79 Å². The molecule has 2 rings (SSSR count). The molecule has 0 aromatic carbocycles. The first-order valence-electron chi connectivity index (χ1n) is 6.73. The van der Waals surface area contributed by atoms with Crippen LogP contribution in [0.15, 0.2) is 0 Å². The molecule has 0 spiro atoms. The monoisotopic (exact) mass is 240 g/mol. The largest absolute Gasteiger partial charge is 0.441 e. The predicted octanol–water partition coefficient (Wildman–Crippen LogP) is 2.14. The summed E-state index contributed by atoms with van der Waals surface area (Å²) in [5.41, 5.74) is -0.313. The Morgan fingerprint density at radius 2 is 2.29 bits per heavy atom. The van der Waals surface area contributed by atoms with Crippen LogP contribution in [0.2, 0.25) is 0 Å². The van der Waals surface area contributed by atoms with Crippen molar-refractivity contribution in [2.24, 2.45) is 0 Å². The number of likely N-dealkylation sites (tertiary alicyclic amines) is 1. The Balaban J connectivity index is 1.98. The van der Waals surface area contributed by atoms with E-state index in [-0.39, 0.29) is 11.7 Å². The highest BCUT2D eigenvalue weighted by molar-refractivity contribution is 5.70. The third-order valence-corrected chi connectivity index (χ3v) is 3.95. The predicted molar refractivity (Wildman–Crippen MR) is 67.0 cm³/mol. The van der Waals surface area contributed by atoms with Crippen molar-refractivity contribution in [1.82, 2.24) is 10.2 Å². The van der Waals surface area contributed by atoms with Gasteiger partial charge in [0.15, 0.2) is 0 Å². The number of alkyl carbamates (subject to hydrolysis) is 1.